The lowest BCUT2D eigenvalue weighted by Crippen LogP contribution is -2.40. The highest BCUT2D eigenvalue weighted by atomic mass is 15.1. The van der Waals surface area contributed by atoms with E-state index in [2.05, 4.69) is 16.0 Å². The summed E-state index contributed by atoms with van der Waals surface area (Å²) in [6.07, 6.45) is 3.64. The third-order valence-electron chi connectivity index (χ3n) is 2.02. The Bertz CT molecular complexity index is 250. The van der Waals surface area contributed by atoms with Crippen LogP contribution in [-0.4, -0.2) is 36.1 Å². The van der Waals surface area contributed by atoms with E-state index in [4.69, 9.17) is 11.5 Å². The number of nitrogens with zero attached hydrogens (tertiary/aromatic N) is 2. The van der Waals surface area contributed by atoms with Crippen molar-refractivity contribution >= 4 is 0 Å². The quantitative estimate of drug-likeness (QED) is 0.681. The maximum Gasteiger partial charge on any atom is 0.0312 e. The van der Waals surface area contributed by atoms with Crippen molar-refractivity contribution in [1.82, 2.24) is 9.88 Å². The summed E-state index contributed by atoms with van der Waals surface area (Å²) in [5.74, 6) is 0. The van der Waals surface area contributed by atoms with Crippen LogP contribution in [0.25, 0.3) is 0 Å². The Kier molecular flexibility index (Phi) is 4.52. The van der Waals surface area contributed by atoms with Gasteiger partial charge in [0, 0.05) is 38.1 Å². The van der Waals surface area contributed by atoms with E-state index in [1.165, 1.54) is 5.56 Å². The SMILES string of the molecule is CN(Cc1cccnc1)CC(N)CN. The molecule has 0 saturated carbocycles. The summed E-state index contributed by atoms with van der Waals surface area (Å²) >= 11 is 0. The third-order valence-corrected chi connectivity index (χ3v) is 2.02. The highest BCUT2D eigenvalue weighted by molar-refractivity contribution is 5.07. The standard InChI is InChI=1S/C10H18N4/c1-14(8-10(12)5-11)7-9-3-2-4-13-6-9/h2-4,6,10H,5,7-8,11-12H2,1H3. The minimum absolute atomic E-state index is 0.0525. The average Bonchev–Trinajstić information content (AvgIpc) is 2.19. The summed E-state index contributed by atoms with van der Waals surface area (Å²) in [5.41, 5.74) is 12.4. The predicted molar refractivity (Wildman–Crippen MR) is 57.6 cm³/mol. The molecule has 0 aliphatic rings. The highest BCUT2D eigenvalue weighted by Gasteiger charge is 2.05. The lowest BCUT2D eigenvalue weighted by Gasteiger charge is -2.19. The summed E-state index contributed by atoms with van der Waals surface area (Å²) in [6.45, 7) is 2.20. The molecule has 0 fully saturated rings. The number of pyridine rings is 1. The molecule has 0 saturated heterocycles. The summed E-state index contributed by atoms with van der Waals surface area (Å²) in [7, 11) is 2.03. The second-order valence-electron chi connectivity index (χ2n) is 3.55. The van der Waals surface area contributed by atoms with Gasteiger partial charge in [0.1, 0.15) is 0 Å². The second kappa shape index (κ2) is 5.70. The molecule has 0 radical (unpaired) electrons. The molecule has 1 unspecified atom stereocenters. The average molecular weight is 194 g/mol. The van der Waals surface area contributed by atoms with Crippen LogP contribution >= 0.6 is 0 Å². The van der Waals surface area contributed by atoms with Gasteiger partial charge < -0.3 is 16.4 Å². The lowest BCUT2D eigenvalue weighted by molar-refractivity contribution is 0.305. The van der Waals surface area contributed by atoms with Crippen LogP contribution in [0.4, 0.5) is 0 Å². The van der Waals surface area contributed by atoms with E-state index in [-0.39, 0.29) is 6.04 Å². The van der Waals surface area contributed by atoms with Crippen molar-refractivity contribution < 1.29 is 0 Å². The predicted octanol–water partition coefficient (Wildman–Crippen LogP) is -0.201. The Morgan fingerprint density at radius 2 is 2.36 bits per heavy atom. The molecule has 0 bridgehead atoms. The third kappa shape index (κ3) is 3.83. The molecule has 1 atom stereocenters. The number of likely N-dealkylation sites (N-methyl/N-ethyl adjacent to an activating group) is 1. The minimum Gasteiger partial charge on any atom is -0.329 e. The van der Waals surface area contributed by atoms with Gasteiger partial charge in [-0.1, -0.05) is 6.07 Å². The molecule has 78 valence electrons. The molecule has 0 aliphatic carbocycles. The fourth-order valence-electron chi connectivity index (χ4n) is 1.34. The molecule has 14 heavy (non-hydrogen) atoms. The largest absolute Gasteiger partial charge is 0.329 e. The first-order valence-corrected chi connectivity index (χ1v) is 4.75. The van der Waals surface area contributed by atoms with Gasteiger partial charge in [-0.15, -0.1) is 0 Å². The zero-order chi connectivity index (χ0) is 10.4. The van der Waals surface area contributed by atoms with E-state index in [0.717, 1.165) is 13.1 Å². The van der Waals surface area contributed by atoms with Gasteiger partial charge in [-0.25, -0.2) is 0 Å². The fraction of sp³-hybridized carbons (Fsp3) is 0.500. The van der Waals surface area contributed by atoms with E-state index in [1.54, 1.807) is 6.20 Å². The molecule has 1 aromatic heterocycles. The molecule has 0 spiro atoms. The van der Waals surface area contributed by atoms with Gasteiger partial charge in [-0.05, 0) is 18.7 Å². The zero-order valence-corrected chi connectivity index (χ0v) is 8.56. The van der Waals surface area contributed by atoms with Gasteiger partial charge in [0.15, 0.2) is 0 Å². The first-order chi connectivity index (χ1) is 6.72. The molecule has 4 nitrogen and oxygen atoms in total. The van der Waals surface area contributed by atoms with Crippen LogP contribution in [0.5, 0.6) is 0 Å². The van der Waals surface area contributed by atoms with E-state index >= 15 is 0 Å². The summed E-state index contributed by atoms with van der Waals surface area (Å²) < 4.78 is 0. The molecule has 4 heteroatoms. The molecular formula is C10H18N4. The van der Waals surface area contributed by atoms with Gasteiger partial charge in [-0.3, -0.25) is 4.98 Å². The van der Waals surface area contributed by atoms with Crippen molar-refractivity contribution in [3.8, 4) is 0 Å². The van der Waals surface area contributed by atoms with Crippen LogP contribution < -0.4 is 11.5 Å². The Morgan fingerprint density at radius 3 is 2.93 bits per heavy atom. The van der Waals surface area contributed by atoms with Crippen molar-refractivity contribution in [2.45, 2.75) is 12.6 Å². The van der Waals surface area contributed by atoms with Crippen LogP contribution in [0.3, 0.4) is 0 Å². The van der Waals surface area contributed by atoms with E-state index in [1.807, 2.05) is 19.3 Å². The van der Waals surface area contributed by atoms with Crippen LogP contribution in [0.1, 0.15) is 5.56 Å². The molecule has 1 aromatic rings. The van der Waals surface area contributed by atoms with Crippen molar-refractivity contribution in [3.05, 3.63) is 30.1 Å². The number of nitrogens with two attached hydrogens (primary N) is 2. The number of aromatic nitrogens is 1. The van der Waals surface area contributed by atoms with Crippen LogP contribution in [-0.2, 0) is 6.54 Å². The second-order valence-corrected chi connectivity index (χ2v) is 3.55. The van der Waals surface area contributed by atoms with Gasteiger partial charge in [0.2, 0.25) is 0 Å². The summed E-state index contributed by atoms with van der Waals surface area (Å²) in [5, 5.41) is 0. The number of rotatable bonds is 5. The first-order valence-electron chi connectivity index (χ1n) is 4.75. The fourth-order valence-corrected chi connectivity index (χ4v) is 1.34. The molecule has 0 aromatic carbocycles. The van der Waals surface area contributed by atoms with Crippen molar-refractivity contribution in [2.75, 3.05) is 20.1 Å². The Hall–Kier alpha value is -0.970. The molecule has 0 amide bonds. The molecule has 0 aliphatic heterocycles. The van der Waals surface area contributed by atoms with Crippen LogP contribution in [0.15, 0.2) is 24.5 Å². The highest BCUT2D eigenvalue weighted by Crippen LogP contribution is 2.00. The topological polar surface area (TPSA) is 68.2 Å². The van der Waals surface area contributed by atoms with E-state index in [0.29, 0.717) is 6.54 Å². The Labute approximate surface area is 84.9 Å². The van der Waals surface area contributed by atoms with Gasteiger partial charge in [0.05, 0.1) is 0 Å². The van der Waals surface area contributed by atoms with Gasteiger partial charge >= 0.3 is 0 Å². The minimum atomic E-state index is 0.0525. The molecule has 1 rings (SSSR count). The lowest BCUT2D eigenvalue weighted by atomic mass is 10.2. The number of hydrogen-bond donors (Lipinski definition) is 2. The zero-order valence-electron chi connectivity index (χ0n) is 8.56. The van der Waals surface area contributed by atoms with Crippen molar-refractivity contribution in [3.63, 3.8) is 0 Å². The number of hydrogen-bond acceptors (Lipinski definition) is 4. The van der Waals surface area contributed by atoms with Crippen molar-refractivity contribution in [2.24, 2.45) is 11.5 Å². The summed E-state index contributed by atoms with van der Waals surface area (Å²) in [4.78, 5) is 6.20. The van der Waals surface area contributed by atoms with Crippen LogP contribution in [0.2, 0.25) is 0 Å². The molecule has 1 heterocycles. The van der Waals surface area contributed by atoms with Crippen LogP contribution in [0, 0.1) is 0 Å². The van der Waals surface area contributed by atoms with Gasteiger partial charge in [-0.2, -0.15) is 0 Å². The van der Waals surface area contributed by atoms with E-state index < -0.39 is 0 Å². The van der Waals surface area contributed by atoms with Crippen molar-refractivity contribution in [1.29, 1.82) is 0 Å². The normalized spacial score (nSPS) is 13.1. The molecule has 4 N–H and O–H groups in total. The first kappa shape index (κ1) is 11.1. The monoisotopic (exact) mass is 194 g/mol. The maximum atomic E-state index is 5.75. The smallest absolute Gasteiger partial charge is 0.0312 e. The van der Waals surface area contributed by atoms with Gasteiger partial charge in [0.25, 0.3) is 0 Å². The van der Waals surface area contributed by atoms with E-state index in [9.17, 15) is 0 Å². The Morgan fingerprint density at radius 1 is 1.57 bits per heavy atom. The Balaban J connectivity index is 2.37. The maximum absolute atomic E-state index is 5.75. The molecular weight excluding hydrogens is 176 g/mol. The summed E-state index contributed by atoms with van der Waals surface area (Å²) in [6, 6.07) is 4.04.